The normalized spacial score (nSPS) is 15.7. The van der Waals surface area contributed by atoms with Gasteiger partial charge >= 0.3 is 6.09 Å². The minimum Gasteiger partial charge on any atom is -0.493 e. The first-order valence-corrected chi connectivity index (χ1v) is 11.3. The summed E-state index contributed by atoms with van der Waals surface area (Å²) in [5.41, 5.74) is 3.12. The summed E-state index contributed by atoms with van der Waals surface area (Å²) in [5.74, 6) is 0.381. The van der Waals surface area contributed by atoms with Crippen LogP contribution in [-0.4, -0.2) is 64.7 Å². The van der Waals surface area contributed by atoms with Crippen molar-refractivity contribution in [1.82, 2.24) is 14.8 Å². The Morgan fingerprint density at radius 2 is 1.84 bits per heavy atom. The van der Waals surface area contributed by atoms with E-state index in [1.807, 2.05) is 36.5 Å². The van der Waals surface area contributed by atoms with E-state index >= 15 is 0 Å². The number of thioether (sulfide) groups is 1. The second-order valence-electron chi connectivity index (χ2n) is 7.53. The third-order valence-corrected chi connectivity index (χ3v) is 6.03. The van der Waals surface area contributed by atoms with Gasteiger partial charge in [-0.05, 0) is 42.2 Å². The molecule has 1 aliphatic heterocycles. The van der Waals surface area contributed by atoms with E-state index in [9.17, 15) is 14.4 Å². The van der Waals surface area contributed by atoms with Gasteiger partial charge in [-0.2, -0.15) is 0 Å². The summed E-state index contributed by atoms with van der Waals surface area (Å²) in [6, 6.07) is 11.6. The van der Waals surface area contributed by atoms with Crippen molar-refractivity contribution in [2.75, 3.05) is 27.4 Å². The average molecular weight is 458 g/mol. The summed E-state index contributed by atoms with van der Waals surface area (Å²) in [5, 5.41) is -0.948. The first-order chi connectivity index (χ1) is 15.4. The van der Waals surface area contributed by atoms with Crippen LogP contribution < -0.4 is 4.74 Å². The molecule has 9 heteroatoms. The van der Waals surface area contributed by atoms with Gasteiger partial charge in [0.25, 0.3) is 5.24 Å². The second-order valence-corrected chi connectivity index (χ2v) is 8.68. The van der Waals surface area contributed by atoms with E-state index in [0.29, 0.717) is 13.0 Å². The third-order valence-electron chi connectivity index (χ3n) is 4.95. The lowest BCUT2D eigenvalue weighted by Gasteiger charge is -2.16. The van der Waals surface area contributed by atoms with Crippen molar-refractivity contribution in [3.63, 3.8) is 0 Å². The first-order valence-electron chi connectivity index (χ1n) is 10.4. The molecule has 1 fully saturated rings. The highest BCUT2D eigenvalue weighted by Crippen LogP contribution is 2.30. The number of carbonyl (C=O) groups is 3. The molecule has 0 spiro atoms. The SMILES string of the molecule is CCc1ccc(CCOc2ccc(CC3SC(=O)N(COC(=O)N(C)C)C3=O)cc2)nc1. The van der Waals surface area contributed by atoms with Crippen LogP contribution in [0.15, 0.2) is 42.6 Å². The maximum Gasteiger partial charge on any atom is 0.410 e. The van der Waals surface area contributed by atoms with E-state index in [0.717, 1.165) is 46.5 Å². The average Bonchev–Trinajstić information content (AvgIpc) is 3.05. The van der Waals surface area contributed by atoms with Crippen LogP contribution in [0, 0.1) is 0 Å². The zero-order valence-corrected chi connectivity index (χ0v) is 19.3. The van der Waals surface area contributed by atoms with Crippen LogP contribution in [0.3, 0.4) is 0 Å². The van der Waals surface area contributed by atoms with Gasteiger partial charge in [0.05, 0.1) is 11.9 Å². The number of imide groups is 1. The number of aryl methyl sites for hydroxylation is 1. The van der Waals surface area contributed by atoms with Crippen molar-refractivity contribution in [3.8, 4) is 5.75 Å². The van der Waals surface area contributed by atoms with E-state index in [2.05, 4.69) is 18.0 Å². The van der Waals surface area contributed by atoms with E-state index in [1.54, 1.807) is 0 Å². The highest BCUT2D eigenvalue weighted by molar-refractivity contribution is 8.15. The number of pyridine rings is 1. The maximum absolute atomic E-state index is 12.5. The van der Waals surface area contributed by atoms with Crippen molar-refractivity contribution >= 4 is 29.0 Å². The quantitative estimate of drug-likeness (QED) is 0.569. The molecule has 1 atom stereocenters. The van der Waals surface area contributed by atoms with Gasteiger partial charge in [0.2, 0.25) is 5.91 Å². The molecule has 0 saturated carbocycles. The fourth-order valence-corrected chi connectivity index (χ4v) is 4.03. The topological polar surface area (TPSA) is 89.0 Å². The predicted molar refractivity (Wildman–Crippen MR) is 122 cm³/mol. The monoisotopic (exact) mass is 457 g/mol. The summed E-state index contributed by atoms with van der Waals surface area (Å²) in [6.45, 7) is 2.24. The Kier molecular flexibility index (Phi) is 8.10. The van der Waals surface area contributed by atoms with Gasteiger partial charge in [-0.1, -0.05) is 36.9 Å². The number of benzene rings is 1. The Balaban J connectivity index is 1.47. The lowest BCUT2D eigenvalue weighted by molar-refractivity contribution is -0.129. The molecule has 1 aliphatic rings. The highest BCUT2D eigenvalue weighted by atomic mass is 32.2. The molecular formula is C23H27N3O5S. The molecule has 1 unspecified atom stereocenters. The second kappa shape index (κ2) is 11.0. The van der Waals surface area contributed by atoms with Gasteiger partial charge in [-0.15, -0.1) is 0 Å². The van der Waals surface area contributed by atoms with Crippen LogP contribution in [-0.2, 0) is 28.8 Å². The number of aromatic nitrogens is 1. The van der Waals surface area contributed by atoms with Crippen LogP contribution in [0.4, 0.5) is 9.59 Å². The van der Waals surface area contributed by atoms with Crippen LogP contribution in [0.1, 0.15) is 23.7 Å². The number of carbonyl (C=O) groups excluding carboxylic acids is 3. The summed E-state index contributed by atoms with van der Waals surface area (Å²) in [7, 11) is 3.06. The minimum atomic E-state index is -0.608. The number of nitrogens with zero attached hydrogens (tertiary/aromatic N) is 3. The van der Waals surface area contributed by atoms with Crippen molar-refractivity contribution in [2.24, 2.45) is 0 Å². The number of rotatable bonds is 9. The zero-order valence-electron chi connectivity index (χ0n) is 18.4. The molecular weight excluding hydrogens is 430 g/mol. The third kappa shape index (κ3) is 6.23. The molecule has 3 amide bonds. The molecule has 0 bridgehead atoms. The molecule has 1 aromatic heterocycles. The lowest BCUT2D eigenvalue weighted by atomic mass is 10.1. The molecule has 0 aliphatic carbocycles. The predicted octanol–water partition coefficient (Wildman–Crippen LogP) is 3.53. The Labute approximate surface area is 191 Å². The first kappa shape index (κ1) is 23.6. The molecule has 1 aromatic carbocycles. The fraction of sp³-hybridized carbons (Fsp3) is 0.391. The van der Waals surface area contributed by atoms with Crippen LogP contribution in [0.2, 0.25) is 0 Å². The molecule has 2 aromatic rings. The van der Waals surface area contributed by atoms with Gasteiger partial charge in [0.1, 0.15) is 5.75 Å². The van der Waals surface area contributed by atoms with E-state index < -0.39 is 16.6 Å². The van der Waals surface area contributed by atoms with Gasteiger partial charge < -0.3 is 14.4 Å². The number of hydrogen-bond acceptors (Lipinski definition) is 7. The highest BCUT2D eigenvalue weighted by Gasteiger charge is 2.40. The van der Waals surface area contributed by atoms with E-state index in [-0.39, 0.29) is 12.6 Å². The van der Waals surface area contributed by atoms with Crippen LogP contribution in [0.5, 0.6) is 5.75 Å². The smallest absolute Gasteiger partial charge is 0.410 e. The van der Waals surface area contributed by atoms with Gasteiger partial charge in [-0.3, -0.25) is 14.6 Å². The van der Waals surface area contributed by atoms with Gasteiger partial charge in [0.15, 0.2) is 6.73 Å². The Bertz CT molecular complexity index is 947. The molecule has 1 saturated heterocycles. The summed E-state index contributed by atoms with van der Waals surface area (Å²) < 4.78 is 10.8. The summed E-state index contributed by atoms with van der Waals surface area (Å²) in [4.78, 5) is 42.8. The van der Waals surface area contributed by atoms with Crippen molar-refractivity contribution in [3.05, 3.63) is 59.4 Å². The molecule has 32 heavy (non-hydrogen) atoms. The summed E-state index contributed by atoms with van der Waals surface area (Å²) >= 11 is 0.949. The van der Waals surface area contributed by atoms with E-state index in [4.69, 9.17) is 9.47 Å². The zero-order chi connectivity index (χ0) is 23.1. The van der Waals surface area contributed by atoms with Gasteiger partial charge in [-0.25, -0.2) is 9.69 Å². The maximum atomic E-state index is 12.5. The standard InChI is InChI=1S/C23H27N3O5S/c1-4-16-5-8-18(24-14-16)11-12-30-19-9-6-17(7-10-19)13-20-21(27)26(23(29)32-20)15-31-22(28)25(2)3/h5-10,14,20H,4,11-13,15H2,1-3H3. The Hall–Kier alpha value is -3.07. The van der Waals surface area contributed by atoms with Crippen molar-refractivity contribution in [2.45, 2.75) is 31.4 Å². The molecule has 2 heterocycles. The molecule has 8 nitrogen and oxygen atoms in total. The fourth-order valence-electron chi connectivity index (χ4n) is 3.02. The minimum absolute atomic E-state index is 0.353. The van der Waals surface area contributed by atoms with Crippen LogP contribution >= 0.6 is 11.8 Å². The molecule has 0 radical (unpaired) electrons. The van der Waals surface area contributed by atoms with Gasteiger partial charge in [0, 0.05) is 32.4 Å². The number of amides is 3. The summed E-state index contributed by atoms with van der Waals surface area (Å²) in [6.07, 6.45) is 3.38. The van der Waals surface area contributed by atoms with Crippen molar-refractivity contribution < 1.29 is 23.9 Å². The number of hydrogen-bond donors (Lipinski definition) is 0. The Morgan fingerprint density at radius 1 is 1.12 bits per heavy atom. The largest absolute Gasteiger partial charge is 0.493 e. The number of ether oxygens (including phenoxy) is 2. The molecule has 170 valence electrons. The van der Waals surface area contributed by atoms with Crippen molar-refractivity contribution in [1.29, 1.82) is 0 Å². The molecule has 3 rings (SSSR count). The molecule has 0 N–H and O–H groups in total. The van der Waals surface area contributed by atoms with E-state index in [1.165, 1.54) is 24.6 Å². The lowest BCUT2D eigenvalue weighted by Crippen LogP contribution is -2.36. The Morgan fingerprint density at radius 3 is 2.47 bits per heavy atom. The van der Waals surface area contributed by atoms with Crippen LogP contribution in [0.25, 0.3) is 0 Å².